The van der Waals surface area contributed by atoms with E-state index in [2.05, 4.69) is 59.6 Å². The molecule has 0 aliphatic carbocycles. The topological polar surface area (TPSA) is 12.0 Å². The summed E-state index contributed by atoms with van der Waals surface area (Å²) in [6, 6.07) is 11.6. The standard InChI is InChI=1S/C16H21NS2/c1-3-17-16(9-4-13-10-11-19-12-13)14-5-7-15(18-2)8-6-14/h5-8,10-12,16-17H,3-4,9H2,1-2H3. The van der Waals surface area contributed by atoms with Gasteiger partial charge in [0.2, 0.25) is 0 Å². The number of nitrogens with one attached hydrogen (secondary N) is 1. The van der Waals surface area contributed by atoms with Crippen LogP contribution in [0.4, 0.5) is 0 Å². The lowest BCUT2D eigenvalue weighted by Crippen LogP contribution is -2.21. The highest BCUT2D eigenvalue weighted by Gasteiger charge is 2.10. The first-order valence-electron chi connectivity index (χ1n) is 6.72. The van der Waals surface area contributed by atoms with Crippen molar-refractivity contribution in [1.29, 1.82) is 0 Å². The van der Waals surface area contributed by atoms with E-state index in [0.29, 0.717) is 6.04 Å². The summed E-state index contributed by atoms with van der Waals surface area (Å²) in [5.41, 5.74) is 2.85. The molecule has 1 nitrogen and oxygen atoms in total. The normalized spacial score (nSPS) is 12.5. The predicted octanol–water partition coefficient (Wildman–Crippen LogP) is 4.75. The van der Waals surface area contributed by atoms with Crippen molar-refractivity contribution >= 4 is 23.1 Å². The molecule has 0 spiro atoms. The van der Waals surface area contributed by atoms with Crippen molar-refractivity contribution < 1.29 is 0 Å². The van der Waals surface area contributed by atoms with Crippen molar-refractivity contribution in [2.45, 2.75) is 30.7 Å². The van der Waals surface area contributed by atoms with Crippen LogP contribution in [0.3, 0.4) is 0 Å². The first-order valence-corrected chi connectivity index (χ1v) is 8.88. The van der Waals surface area contributed by atoms with E-state index in [1.165, 1.54) is 16.0 Å². The molecule has 3 heteroatoms. The fraction of sp³-hybridized carbons (Fsp3) is 0.375. The van der Waals surface area contributed by atoms with Crippen LogP contribution in [0.25, 0.3) is 0 Å². The number of aryl methyl sites for hydroxylation is 1. The molecule has 0 radical (unpaired) electrons. The Morgan fingerprint density at radius 3 is 2.58 bits per heavy atom. The molecule has 1 aromatic carbocycles. The summed E-state index contributed by atoms with van der Waals surface area (Å²) in [5, 5.41) is 8.00. The molecule has 102 valence electrons. The highest BCUT2D eigenvalue weighted by molar-refractivity contribution is 7.98. The van der Waals surface area contributed by atoms with E-state index in [1.807, 2.05) is 0 Å². The van der Waals surface area contributed by atoms with Crippen molar-refractivity contribution in [1.82, 2.24) is 5.32 Å². The largest absolute Gasteiger partial charge is 0.310 e. The molecule has 1 unspecified atom stereocenters. The molecule has 0 saturated carbocycles. The van der Waals surface area contributed by atoms with Gasteiger partial charge in [-0.25, -0.2) is 0 Å². The Labute approximate surface area is 124 Å². The maximum absolute atomic E-state index is 3.60. The molecule has 0 aliphatic heterocycles. The minimum absolute atomic E-state index is 0.459. The molecule has 0 fully saturated rings. The van der Waals surface area contributed by atoms with Crippen LogP contribution >= 0.6 is 23.1 Å². The molecule has 0 aliphatic rings. The first kappa shape index (κ1) is 14.6. The Hall–Kier alpha value is -0.770. The van der Waals surface area contributed by atoms with E-state index in [-0.39, 0.29) is 0 Å². The summed E-state index contributed by atoms with van der Waals surface area (Å²) in [4.78, 5) is 1.33. The molecule has 1 aromatic heterocycles. The van der Waals surface area contributed by atoms with Crippen LogP contribution in [0.2, 0.25) is 0 Å². The maximum atomic E-state index is 3.60. The second kappa shape index (κ2) is 7.73. The quantitative estimate of drug-likeness (QED) is 0.739. The average Bonchev–Trinajstić information content (AvgIpc) is 2.97. The van der Waals surface area contributed by atoms with Gasteiger partial charge in [0.15, 0.2) is 0 Å². The average molecular weight is 291 g/mol. The Kier molecular flexibility index (Phi) is 5.95. The Morgan fingerprint density at radius 2 is 2.00 bits per heavy atom. The van der Waals surface area contributed by atoms with Gasteiger partial charge in [-0.05, 0) is 65.7 Å². The van der Waals surface area contributed by atoms with Gasteiger partial charge in [0.05, 0.1) is 0 Å². The van der Waals surface area contributed by atoms with Crippen molar-refractivity contribution in [3.05, 3.63) is 52.2 Å². The van der Waals surface area contributed by atoms with Gasteiger partial charge in [-0.2, -0.15) is 11.3 Å². The third-order valence-corrected chi connectivity index (χ3v) is 4.75. The SMILES string of the molecule is CCNC(CCc1ccsc1)c1ccc(SC)cc1. The molecule has 1 N–H and O–H groups in total. The number of thiophene rings is 1. The second-order valence-electron chi connectivity index (χ2n) is 4.55. The lowest BCUT2D eigenvalue weighted by Gasteiger charge is -2.18. The zero-order valence-corrected chi connectivity index (χ0v) is 13.2. The van der Waals surface area contributed by atoms with Crippen LogP contribution in [-0.4, -0.2) is 12.8 Å². The molecule has 0 bridgehead atoms. The van der Waals surface area contributed by atoms with E-state index in [1.54, 1.807) is 23.1 Å². The van der Waals surface area contributed by atoms with Crippen LogP contribution in [0, 0.1) is 0 Å². The number of rotatable bonds is 7. The summed E-state index contributed by atoms with van der Waals surface area (Å²) in [6.45, 7) is 3.19. The van der Waals surface area contributed by atoms with Crippen LogP contribution in [0.1, 0.15) is 30.5 Å². The van der Waals surface area contributed by atoms with Crippen molar-refractivity contribution in [2.75, 3.05) is 12.8 Å². The van der Waals surface area contributed by atoms with Gasteiger partial charge >= 0.3 is 0 Å². The van der Waals surface area contributed by atoms with E-state index in [0.717, 1.165) is 19.4 Å². The molecule has 2 aromatic rings. The third-order valence-electron chi connectivity index (χ3n) is 3.27. The van der Waals surface area contributed by atoms with E-state index < -0.39 is 0 Å². The summed E-state index contributed by atoms with van der Waals surface area (Å²) in [6.07, 6.45) is 4.42. The first-order chi connectivity index (χ1) is 9.33. The van der Waals surface area contributed by atoms with Crippen molar-refractivity contribution in [3.63, 3.8) is 0 Å². The van der Waals surface area contributed by atoms with E-state index in [9.17, 15) is 0 Å². The lowest BCUT2D eigenvalue weighted by atomic mass is 10.00. The number of thioether (sulfide) groups is 1. The number of benzene rings is 1. The molecule has 0 saturated heterocycles. The van der Waals surface area contributed by atoms with Crippen LogP contribution < -0.4 is 5.32 Å². The Morgan fingerprint density at radius 1 is 1.21 bits per heavy atom. The molecular formula is C16H21NS2. The van der Waals surface area contributed by atoms with Gasteiger partial charge in [0.1, 0.15) is 0 Å². The van der Waals surface area contributed by atoms with Gasteiger partial charge in [0.25, 0.3) is 0 Å². The fourth-order valence-electron chi connectivity index (χ4n) is 2.22. The molecule has 1 heterocycles. The second-order valence-corrected chi connectivity index (χ2v) is 6.21. The summed E-state index contributed by atoms with van der Waals surface area (Å²) in [7, 11) is 0. The van der Waals surface area contributed by atoms with Crippen LogP contribution in [-0.2, 0) is 6.42 Å². The van der Waals surface area contributed by atoms with E-state index in [4.69, 9.17) is 0 Å². The van der Waals surface area contributed by atoms with Crippen LogP contribution in [0.15, 0.2) is 46.0 Å². The summed E-state index contributed by atoms with van der Waals surface area (Å²) >= 11 is 3.58. The molecule has 0 amide bonds. The van der Waals surface area contributed by atoms with E-state index >= 15 is 0 Å². The van der Waals surface area contributed by atoms with Gasteiger partial charge in [-0.1, -0.05) is 19.1 Å². The Bertz CT molecular complexity index is 462. The van der Waals surface area contributed by atoms with Gasteiger partial charge < -0.3 is 5.32 Å². The van der Waals surface area contributed by atoms with Gasteiger partial charge in [-0.15, -0.1) is 11.8 Å². The minimum atomic E-state index is 0.459. The molecule has 2 rings (SSSR count). The minimum Gasteiger partial charge on any atom is -0.310 e. The van der Waals surface area contributed by atoms with Crippen molar-refractivity contribution in [3.8, 4) is 0 Å². The van der Waals surface area contributed by atoms with Crippen molar-refractivity contribution in [2.24, 2.45) is 0 Å². The molecule has 19 heavy (non-hydrogen) atoms. The van der Waals surface area contributed by atoms with Gasteiger partial charge in [-0.3, -0.25) is 0 Å². The Balaban J connectivity index is 2.01. The maximum Gasteiger partial charge on any atom is 0.0323 e. The van der Waals surface area contributed by atoms with Crippen LogP contribution in [0.5, 0.6) is 0 Å². The zero-order valence-electron chi connectivity index (χ0n) is 11.6. The molecular weight excluding hydrogens is 270 g/mol. The monoisotopic (exact) mass is 291 g/mol. The summed E-state index contributed by atoms with van der Waals surface area (Å²) in [5.74, 6) is 0. The number of hydrogen-bond acceptors (Lipinski definition) is 3. The zero-order chi connectivity index (χ0) is 13.5. The lowest BCUT2D eigenvalue weighted by molar-refractivity contribution is 0.515. The summed E-state index contributed by atoms with van der Waals surface area (Å²) < 4.78 is 0. The fourth-order valence-corrected chi connectivity index (χ4v) is 3.33. The number of hydrogen-bond donors (Lipinski definition) is 1. The highest BCUT2D eigenvalue weighted by Crippen LogP contribution is 2.23. The smallest absolute Gasteiger partial charge is 0.0323 e. The highest BCUT2D eigenvalue weighted by atomic mass is 32.2. The third kappa shape index (κ3) is 4.37. The van der Waals surface area contributed by atoms with Gasteiger partial charge in [0, 0.05) is 10.9 Å². The molecule has 1 atom stereocenters. The predicted molar refractivity (Wildman–Crippen MR) is 87.3 cm³/mol.